The number of hydrogen-bond donors (Lipinski definition) is 0. The van der Waals surface area contributed by atoms with Gasteiger partial charge >= 0.3 is 34.1 Å². The van der Waals surface area contributed by atoms with E-state index in [-0.39, 0.29) is 95.5 Å². The molecule has 4 aromatic rings. The van der Waals surface area contributed by atoms with Gasteiger partial charge < -0.3 is 29.7 Å². The first kappa shape index (κ1) is 65.7. The van der Waals surface area contributed by atoms with Crippen molar-refractivity contribution in [2.45, 2.75) is 201 Å². The molecule has 68 heavy (non-hydrogen) atoms. The van der Waals surface area contributed by atoms with Crippen LogP contribution in [-0.4, -0.2) is 47.3 Å². The molecule has 0 aliphatic heterocycles. The molecule has 380 valence electrons. The first-order chi connectivity index (χ1) is 30.7. The average Bonchev–Trinajstić information content (AvgIpc) is 4.21. The molecule has 4 aromatic carbocycles. The molecule has 0 heterocycles. The quantitative estimate of drug-likeness (QED) is 0.0843. The number of rotatable bonds is 10. The maximum atomic E-state index is 2.47. The van der Waals surface area contributed by atoms with E-state index in [4.69, 9.17) is 0 Å². The van der Waals surface area contributed by atoms with E-state index in [1.54, 1.807) is 46.9 Å². The molecule has 6 aliphatic carbocycles. The van der Waals surface area contributed by atoms with Crippen molar-refractivity contribution in [2.24, 2.45) is 0 Å². The Balaban J connectivity index is 0.000000542. The fraction of sp³-hybridized carbons (Fsp3) is 0.548. The van der Waals surface area contributed by atoms with E-state index in [0.29, 0.717) is 0 Å². The van der Waals surface area contributed by atoms with Gasteiger partial charge in [0, 0.05) is 0 Å². The van der Waals surface area contributed by atoms with Gasteiger partial charge in [0.15, 0.2) is 0 Å². The van der Waals surface area contributed by atoms with E-state index in [1.807, 2.05) is 0 Å². The summed E-state index contributed by atoms with van der Waals surface area (Å²) >= 11 is 0. The largest absolute Gasteiger partial charge is 2.00 e. The summed E-state index contributed by atoms with van der Waals surface area (Å²) in [7, 11) is -0.129. The van der Waals surface area contributed by atoms with Gasteiger partial charge in [0.05, 0.1) is 0 Å². The average molecular weight is 1080 g/mol. The molecule has 0 N–H and O–H groups in total. The van der Waals surface area contributed by atoms with Crippen LogP contribution in [0.4, 0.5) is 0 Å². The van der Waals surface area contributed by atoms with Crippen molar-refractivity contribution in [1.82, 2.24) is 0 Å². The molecule has 6 fully saturated rings. The van der Waals surface area contributed by atoms with Crippen molar-refractivity contribution in [3.8, 4) is 0 Å². The summed E-state index contributed by atoms with van der Waals surface area (Å²) in [5.74, 6) is 0. The molecular formula is C62H96Fe2P4. The number of hydrogen-bond acceptors (Lipinski definition) is 0. The maximum absolute atomic E-state index is 2.47. The zero-order chi connectivity index (χ0) is 42.6. The van der Waals surface area contributed by atoms with Gasteiger partial charge in [-0.3, -0.25) is 0 Å². The van der Waals surface area contributed by atoms with E-state index in [1.165, 1.54) is 141 Å². The molecule has 0 spiro atoms. The molecule has 0 nitrogen and oxygen atoms in total. The third-order valence-electron chi connectivity index (χ3n) is 15.2. The van der Waals surface area contributed by atoms with Gasteiger partial charge in [-0.2, -0.15) is 0 Å². The van der Waals surface area contributed by atoms with Gasteiger partial charge in [-0.15, -0.1) is 7.92 Å². The minimum atomic E-state index is -0.250. The van der Waals surface area contributed by atoms with Gasteiger partial charge in [0.1, 0.15) is 0 Å². The molecule has 4 unspecified atom stereocenters. The van der Waals surface area contributed by atoms with Gasteiger partial charge in [0.25, 0.3) is 0 Å². The zero-order valence-electron chi connectivity index (χ0n) is 43.9. The van der Waals surface area contributed by atoms with Crippen LogP contribution >= 0.6 is 31.7 Å². The van der Waals surface area contributed by atoms with Crippen molar-refractivity contribution in [1.29, 1.82) is 0 Å². The van der Waals surface area contributed by atoms with Gasteiger partial charge in [-0.1, -0.05) is 245 Å². The first-order valence-electron chi connectivity index (χ1n) is 25.9. The van der Waals surface area contributed by atoms with Crippen LogP contribution in [0.5, 0.6) is 0 Å². The summed E-state index contributed by atoms with van der Waals surface area (Å²) in [6, 6.07) is 45.8. The topological polar surface area (TPSA) is 0 Å². The van der Waals surface area contributed by atoms with Crippen LogP contribution in [-0.2, 0) is 34.1 Å². The normalized spacial score (nSPS) is 22.2. The van der Waals surface area contributed by atoms with E-state index in [2.05, 4.69) is 135 Å². The summed E-state index contributed by atoms with van der Waals surface area (Å²) in [6.07, 6.45) is 39.0. The molecule has 10 rings (SSSR count). The Kier molecular flexibility index (Phi) is 36.1. The van der Waals surface area contributed by atoms with E-state index in [9.17, 15) is 0 Å². The Hall–Kier alpha value is -0.361. The van der Waals surface area contributed by atoms with Crippen LogP contribution in [0.15, 0.2) is 121 Å². The second-order valence-corrected chi connectivity index (χ2v) is 30.2. The Labute approximate surface area is 449 Å². The van der Waals surface area contributed by atoms with Crippen molar-refractivity contribution < 1.29 is 34.1 Å². The van der Waals surface area contributed by atoms with Gasteiger partial charge in [0.2, 0.25) is 0 Å². The third-order valence-corrected chi connectivity index (χ3v) is 27.7. The predicted octanol–water partition coefficient (Wildman–Crippen LogP) is 18.7. The molecule has 6 saturated carbocycles. The predicted molar refractivity (Wildman–Crippen MR) is 312 cm³/mol. The Morgan fingerprint density at radius 3 is 0.794 bits per heavy atom. The first-order valence-corrected chi connectivity index (χ1v) is 32.6. The maximum Gasteiger partial charge on any atom is 2.00 e. The second-order valence-electron chi connectivity index (χ2n) is 19.7. The van der Waals surface area contributed by atoms with Gasteiger partial charge in [-0.25, -0.2) is 0 Å². The molecule has 6 heteroatoms. The second kappa shape index (κ2) is 37.4. The summed E-state index contributed by atoms with van der Waals surface area (Å²) in [4.78, 5) is 0. The van der Waals surface area contributed by atoms with Crippen LogP contribution in [0.3, 0.4) is 0 Å². The van der Waals surface area contributed by atoms with E-state index in [0.717, 1.165) is 34.0 Å². The smallest absolute Gasteiger partial charge is 0.358 e. The van der Waals surface area contributed by atoms with Gasteiger partial charge in [-0.05, 0) is 136 Å². The van der Waals surface area contributed by atoms with Crippen LogP contribution in [0.1, 0.15) is 167 Å². The van der Waals surface area contributed by atoms with Crippen molar-refractivity contribution in [2.75, 3.05) is 13.3 Å². The fourth-order valence-electron chi connectivity index (χ4n) is 12.2. The number of benzene rings is 4. The van der Waals surface area contributed by atoms with Crippen LogP contribution in [0.25, 0.3) is 0 Å². The fourth-order valence-corrected chi connectivity index (χ4v) is 26.4. The van der Waals surface area contributed by atoms with Crippen LogP contribution in [0.2, 0.25) is 0 Å². The third kappa shape index (κ3) is 19.8. The van der Waals surface area contributed by atoms with E-state index >= 15 is 0 Å². The monoisotopic (exact) mass is 1080 g/mol. The van der Waals surface area contributed by atoms with E-state index < -0.39 is 0 Å². The Morgan fingerprint density at radius 2 is 0.515 bits per heavy atom. The molecule has 4 atom stereocenters. The Bertz CT molecular complexity index is 1620. The zero-order valence-corrected chi connectivity index (χ0v) is 49.7. The van der Waals surface area contributed by atoms with Crippen LogP contribution in [0, 0.1) is 29.7 Å². The summed E-state index contributed by atoms with van der Waals surface area (Å²) in [6.45, 7) is 4.95. The minimum Gasteiger partial charge on any atom is -0.358 e. The molecule has 0 radical (unpaired) electrons. The summed E-state index contributed by atoms with van der Waals surface area (Å²) in [5.41, 5.74) is 5.93. The van der Waals surface area contributed by atoms with Crippen molar-refractivity contribution in [3.63, 3.8) is 0 Å². The summed E-state index contributed by atoms with van der Waals surface area (Å²) < 4.78 is 0. The summed E-state index contributed by atoms with van der Waals surface area (Å²) in [5, 5.41) is 6.38. The van der Waals surface area contributed by atoms with Crippen molar-refractivity contribution >= 4 is 52.9 Å². The Morgan fingerprint density at radius 1 is 0.279 bits per heavy atom. The molecule has 0 aromatic heterocycles. The molecule has 0 bridgehead atoms. The van der Waals surface area contributed by atoms with Crippen LogP contribution < -0.4 is 21.2 Å². The van der Waals surface area contributed by atoms with Crippen molar-refractivity contribution in [3.05, 3.63) is 151 Å². The standard InChI is InChI=1S/C29H40P2.C19H24P2.2C5H10.4CH3.2Fe/c1-5-14-24(15-6-1)30(25-16-7-2-8-17-25)28-22-13-23-29(28)31(26-18-9-3-10-19-26)27-20-11-4-12-21-27;1-20(2)18-14-9-15-19(18)21(16-10-5-3-6-11-16)17-12-7-4-8-13-17;2*1-2-4-5-3-1;;;;;;/h1-2,5-8,14-17,26-29H,3-4,9-13,18-23H2;3-8,10-13,18-19H,9,14-15H2,1-2H3;2*1-5H2;4*1H3;;/q;;;;4*-1;2*+2. The minimum absolute atomic E-state index is 0. The molecule has 0 saturated heterocycles. The molecular weight excluding hydrogens is 980 g/mol. The SMILES string of the molecule is C1CCCC1.C1CCCC1.CP(C)C1CCCC1P(c1ccccc1)c1ccccc1.[CH3-].[CH3-].[CH3-].[CH3-].[Fe+2].[Fe+2].c1ccc(P(c2ccccc2)C2CCCC2P(C2CCCCC2)C2CCCCC2)cc1. The molecule has 0 amide bonds. The molecule has 6 aliphatic rings.